The van der Waals surface area contributed by atoms with Crippen LogP contribution in [-0.4, -0.2) is 79.2 Å². The van der Waals surface area contributed by atoms with E-state index >= 15 is 0 Å². The van der Waals surface area contributed by atoms with Crippen LogP contribution in [0.25, 0.3) is 0 Å². The lowest BCUT2D eigenvalue weighted by Crippen LogP contribution is -2.52. The third-order valence-corrected chi connectivity index (χ3v) is 6.13. The van der Waals surface area contributed by atoms with E-state index in [0.717, 1.165) is 24.5 Å². The van der Waals surface area contributed by atoms with Crippen molar-refractivity contribution in [2.24, 2.45) is 0 Å². The van der Waals surface area contributed by atoms with E-state index in [-0.39, 0.29) is 0 Å². The molecule has 0 unspecified atom stereocenters. The lowest BCUT2D eigenvalue weighted by atomic mass is 10.0. The van der Waals surface area contributed by atoms with Crippen molar-refractivity contribution in [3.8, 4) is 5.75 Å². The normalized spacial score (nSPS) is 19.3. The van der Waals surface area contributed by atoms with Crippen LogP contribution in [0.2, 0.25) is 5.02 Å². The minimum Gasteiger partial charge on any atom is -0.494 e. The van der Waals surface area contributed by atoms with Crippen LogP contribution < -0.4 is 15.0 Å². The van der Waals surface area contributed by atoms with Gasteiger partial charge in [-0.3, -0.25) is 4.90 Å². The average Bonchev–Trinajstić information content (AvgIpc) is 2.76. The average molecular weight is 417 g/mol. The second-order valence-corrected chi connectivity index (χ2v) is 8.23. The molecule has 1 aromatic heterocycles. The first kappa shape index (κ1) is 20.2. The standard InChI is InChI=1S/C21H29ClN6O/c1-26-9-11-28(12-10-26)17-5-7-27(8-6-17)18-3-4-19(20(13-18)29-2)25-21-23-14-16(22)15-24-21/h3-4,13-15,17H,5-12H2,1-2H3,(H,23,24,25). The zero-order valence-corrected chi connectivity index (χ0v) is 17.9. The summed E-state index contributed by atoms with van der Waals surface area (Å²) in [4.78, 5) is 15.9. The number of nitrogens with zero attached hydrogens (tertiary/aromatic N) is 5. The van der Waals surface area contributed by atoms with Gasteiger partial charge in [-0.25, -0.2) is 9.97 Å². The topological polar surface area (TPSA) is 56.8 Å². The Morgan fingerprint density at radius 2 is 1.72 bits per heavy atom. The van der Waals surface area contributed by atoms with Gasteiger partial charge in [0, 0.05) is 57.1 Å². The highest BCUT2D eigenvalue weighted by molar-refractivity contribution is 6.30. The second-order valence-electron chi connectivity index (χ2n) is 7.79. The molecule has 0 bridgehead atoms. The van der Waals surface area contributed by atoms with E-state index in [2.05, 4.69) is 49.2 Å². The maximum absolute atomic E-state index is 5.86. The molecule has 2 aliphatic heterocycles. The molecular formula is C21H29ClN6O. The van der Waals surface area contributed by atoms with E-state index < -0.39 is 0 Å². The molecule has 8 heteroatoms. The van der Waals surface area contributed by atoms with E-state index in [1.54, 1.807) is 19.5 Å². The molecule has 4 rings (SSSR count). The molecule has 0 atom stereocenters. The van der Waals surface area contributed by atoms with Crippen LogP contribution in [-0.2, 0) is 0 Å². The first-order chi connectivity index (χ1) is 14.1. The van der Waals surface area contributed by atoms with Gasteiger partial charge in [0.05, 0.1) is 30.2 Å². The van der Waals surface area contributed by atoms with Crippen LogP contribution in [0.3, 0.4) is 0 Å². The minimum atomic E-state index is 0.494. The number of aromatic nitrogens is 2. The van der Waals surface area contributed by atoms with Crippen molar-refractivity contribution in [3.63, 3.8) is 0 Å². The van der Waals surface area contributed by atoms with Gasteiger partial charge in [0.2, 0.25) is 5.95 Å². The van der Waals surface area contributed by atoms with E-state index in [1.807, 2.05) is 6.07 Å². The lowest BCUT2D eigenvalue weighted by molar-refractivity contribution is 0.0982. The summed E-state index contributed by atoms with van der Waals surface area (Å²) in [5.74, 6) is 1.27. The number of methoxy groups -OCH3 is 1. The highest BCUT2D eigenvalue weighted by Gasteiger charge is 2.27. The summed E-state index contributed by atoms with van der Waals surface area (Å²) in [6.45, 7) is 6.91. The molecule has 1 aromatic carbocycles. The SMILES string of the molecule is COc1cc(N2CCC(N3CCN(C)CC3)CC2)ccc1Nc1ncc(Cl)cn1. The molecule has 0 amide bonds. The van der Waals surface area contributed by atoms with Crippen molar-refractivity contribution in [2.75, 3.05) is 63.6 Å². The number of ether oxygens (including phenoxy) is 1. The summed E-state index contributed by atoms with van der Waals surface area (Å²) in [7, 11) is 3.90. The summed E-state index contributed by atoms with van der Waals surface area (Å²) in [5, 5.41) is 3.71. The zero-order chi connectivity index (χ0) is 20.2. The Balaban J connectivity index is 1.38. The monoisotopic (exact) mass is 416 g/mol. The fraction of sp³-hybridized carbons (Fsp3) is 0.524. The third-order valence-electron chi connectivity index (χ3n) is 5.94. The lowest BCUT2D eigenvalue weighted by Gasteiger charge is -2.42. The van der Waals surface area contributed by atoms with E-state index in [9.17, 15) is 0 Å². The zero-order valence-electron chi connectivity index (χ0n) is 17.1. The number of nitrogens with one attached hydrogen (secondary N) is 1. The van der Waals surface area contributed by atoms with Gasteiger partial charge in [-0.1, -0.05) is 11.6 Å². The third kappa shape index (κ3) is 4.91. The summed E-state index contributed by atoms with van der Waals surface area (Å²) >= 11 is 5.86. The number of anilines is 3. The van der Waals surface area contributed by atoms with Crippen LogP contribution in [0, 0.1) is 0 Å². The molecule has 2 aromatic rings. The Hall–Kier alpha value is -2.09. The van der Waals surface area contributed by atoms with Gasteiger partial charge in [0.1, 0.15) is 5.75 Å². The number of piperidine rings is 1. The molecule has 7 nitrogen and oxygen atoms in total. The predicted molar refractivity (Wildman–Crippen MR) is 118 cm³/mol. The van der Waals surface area contributed by atoms with Gasteiger partial charge in [-0.05, 0) is 32.0 Å². The molecular weight excluding hydrogens is 388 g/mol. The van der Waals surface area contributed by atoms with Crippen LogP contribution in [0.4, 0.5) is 17.3 Å². The van der Waals surface area contributed by atoms with Crippen molar-refractivity contribution in [1.82, 2.24) is 19.8 Å². The number of rotatable bonds is 5. The van der Waals surface area contributed by atoms with Crippen molar-refractivity contribution in [1.29, 1.82) is 0 Å². The number of piperazine rings is 1. The van der Waals surface area contributed by atoms with Crippen LogP contribution in [0.15, 0.2) is 30.6 Å². The molecule has 2 aliphatic rings. The number of benzene rings is 1. The fourth-order valence-electron chi connectivity index (χ4n) is 4.15. The van der Waals surface area contributed by atoms with Crippen molar-refractivity contribution in [2.45, 2.75) is 18.9 Å². The van der Waals surface area contributed by atoms with Gasteiger partial charge < -0.3 is 19.9 Å². The first-order valence-corrected chi connectivity index (χ1v) is 10.6. The Bertz CT molecular complexity index is 801. The molecule has 29 heavy (non-hydrogen) atoms. The molecule has 3 heterocycles. The summed E-state index contributed by atoms with van der Waals surface area (Å²) < 4.78 is 5.62. The van der Waals surface area contributed by atoms with Crippen LogP contribution >= 0.6 is 11.6 Å². The maximum atomic E-state index is 5.86. The fourth-order valence-corrected chi connectivity index (χ4v) is 4.25. The summed E-state index contributed by atoms with van der Waals surface area (Å²) in [6, 6.07) is 6.97. The number of halogens is 1. The predicted octanol–water partition coefficient (Wildman–Crippen LogP) is 3.10. The molecule has 0 spiro atoms. The number of hydrogen-bond donors (Lipinski definition) is 1. The highest BCUT2D eigenvalue weighted by atomic mass is 35.5. The summed E-state index contributed by atoms with van der Waals surface area (Å²) in [5.41, 5.74) is 2.03. The largest absolute Gasteiger partial charge is 0.494 e. The van der Waals surface area contributed by atoms with Crippen LogP contribution in [0.1, 0.15) is 12.8 Å². The van der Waals surface area contributed by atoms with Crippen molar-refractivity contribution < 1.29 is 4.74 Å². The van der Waals surface area contributed by atoms with Crippen LogP contribution in [0.5, 0.6) is 5.75 Å². The molecule has 0 aliphatic carbocycles. The Labute approximate surface area is 177 Å². The number of likely N-dealkylation sites (N-methyl/N-ethyl adjacent to an activating group) is 1. The minimum absolute atomic E-state index is 0.494. The van der Waals surface area contributed by atoms with Crippen molar-refractivity contribution >= 4 is 28.9 Å². The number of hydrogen-bond acceptors (Lipinski definition) is 7. The van der Waals surface area contributed by atoms with Crippen molar-refractivity contribution in [3.05, 3.63) is 35.6 Å². The Kier molecular flexibility index (Phi) is 6.37. The second kappa shape index (κ2) is 9.15. The molecule has 0 saturated carbocycles. The van der Waals surface area contributed by atoms with E-state index in [1.165, 1.54) is 44.7 Å². The highest BCUT2D eigenvalue weighted by Crippen LogP contribution is 2.33. The summed E-state index contributed by atoms with van der Waals surface area (Å²) in [6.07, 6.45) is 5.57. The molecule has 156 valence electrons. The Morgan fingerprint density at radius 1 is 1.03 bits per heavy atom. The van der Waals surface area contributed by atoms with Gasteiger partial charge in [0.15, 0.2) is 0 Å². The van der Waals surface area contributed by atoms with Gasteiger partial charge in [-0.2, -0.15) is 0 Å². The van der Waals surface area contributed by atoms with E-state index in [0.29, 0.717) is 17.0 Å². The molecule has 0 radical (unpaired) electrons. The van der Waals surface area contributed by atoms with Gasteiger partial charge >= 0.3 is 0 Å². The van der Waals surface area contributed by atoms with Gasteiger partial charge in [0.25, 0.3) is 0 Å². The first-order valence-electron chi connectivity index (χ1n) is 10.2. The Morgan fingerprint density at radius 3 is 2.38 bits per heavy atom. The maximum Gasteiger partial charge on any atom is 0.227 e. The quantitative estimate of drug-likeness (QED) is 0.803. The molecule has 2 fully saturated rings. The molecule has 1 N–H and O–H groups in total. The smallest absolute Gasteiger partial charge is 0.227 e. The van der Waals surface area contributed by atoms with Gasteiger partial charge in [-0.15, -0.1) is 0 Å². The van der Waals surface area contributed by atoms with E-state index in [4.69, 9.17) is 16.3 Å². The molecule has 2 saturated heterocycles.